The van der Waals surface area contributed by atoms with Gasteiger partial charge in [0.15, 0.2) is 0 Å². The molecule has 0 saturated heterocycles. The lowest BCUT2D eigenvalue weighted by molar-refractivity contribution is -0.117. The zero-order chi connectivity index (χ0) is 17.8. The van der Waals surface area contributed by atoms with E-state index in [1.807, 2.05) is 0 Å². The molecule has 2 N–H and O–H groups in total. The third-order valence-corrected chi connectivity index (χ3v) is 4.26. The fourth-order valence-corrected chi connectivity index (χ4v) is 2.58. The topological polar surface area (TPSA) is 70.6 Å². The molecule has 0 unspecified atom stereocenters. The highest BCUT2D eigenvalue weighted by Crippen LogP contribution is 2.30. The lowest BCUT2D eigenvalue weighted by Crippen LogP contribution is -2.18. The molecule has 7 heteroatoms. The summed E-state index contributed by atoms with van der Waals surface area (Å²) in [4.78, 5) is 23.7. The van der Waals surface area contributed by atoms with E-state index in [1.54, 1.807) is 42.5 Å². The molecule has 0 atom stereocenters. The number of anilines is 1. The average Bonchev–Trinajstić information content (AvgIpc) is 3.42. The van der Waals surface area contributed by atoms with E-state index >= 15 is 0 Å². The van der Waals surface area contributed by atoms with Crippen LogP contribution in [0.5, 0.6) is 0 Å². The van der Waals surface area contributed by atoms with Crippen LogP contribution in [0.3, 0.4) is 0 Å². The number of halogens is 2. The maximum Gasteiger partial charge on any atom is 0.271 e. The molecule has 0 spiro atoms. The minimum absolute atomic E-state index is 0.0293. The van der Waals surface area contributed by atoms with E-state index in [0.717, 1.165) is 12.8 Å². The SMILES string of the molecule is O=C(NN=Cc1ccc(Cl)cc1Cl)c1ccc(NC(=O)C2CC2)cc1. The molecule has 5 nitrogen and oxygen atoms in total. The molecule has 0 bridgehead atoms. The van der Waals surface area contributed by atoms with Crippen molar-refractivity contribution in [2.24, 2.45) is 11.0 Å². The van der Waals surface area contributed by atoms with Crippen LogP contribution < -0.4 is 10.7 Å². The van der Waals surface area contributed by atoms with Crippen molar-refractivity contribution < 1.29 is 9.59 Å². The fourth-order valence-electron chi connectivity index (χ4n) is 2.13. The van der Waals surface area contributed by atoms with Crippen LogP contribution in [0, 0.1) is 5.92 Å². The van der Waals surface area contributed by atoms with E-state index in [9.17, 15) is 9.59 Å². The van der Waals surface area contributed by atoms with Gasteiger partial charge >= 0.3 is 0 Å². The van der Waals surface area contributed by atoms with Gasteiger partial charge in [0.1, 0.15) is 0 Å². The van der Waals surface area contributed by atoms with Gasteiger partial charge in [-0.1, -0.05) is 29.3 Å². The Hall–Kier alpha value is -2.37. The maximum atomic E-state index is 12.1. The number of nitrogens with one attached hydrogen (secondary N) is 2. The molecule has 1 aliphatic carbocycles. The van der Waals surface area contributed by atoms with Crippen molar-refractivity contribution in [3.8, 4) is 0 Å². The molecular formula is C18H15Cl2N3O2. The van der Waals surface area contributed by atoms with Crippen LogP contribution in [0.2, 0.25) is 10.0 Å². The van der Waals surface area contributed by atoms with Gasteiger partial charge in [-0.3, -0.25) is 9.59 Å². The van der Waals surface area contributed by atoms with E-state index in [0.29, 0.717) is 26.9 Å². The number of hydrogen-bond donors (Lipinski definition) is 2. The van der Waals surface area contributed by atoms with Crippen LogP contribution in [0.15, 0.2) is 47.6 Å². The number of nitrogens with zero attached hydrogens (tertiary/aromatic N) is 1. The Morgan fingerprint density at radius 3 is 2.44 bits per heavy atom. The Kier molecular flexibility index (Phi) is 5.36. The summed E-state index contributed by atoms with van der Waals surface area (Å²) in [5.74, 6) is -0.194. The van der Waals surface area contributed by atoms with Crippen molar-refractivity contribution in [2.75, 3.05) is 5.32 Å². The van der Waals surface area contributed by atoms with Gasteiger partial charge in [0, 0.05) is 27.8 Å². The second kappa shape index (κ2) is 7.68. The summed E-state index contributed by atoms with van der Waals surface area (Å²) in [6.07, 6.45) is 3.34. The third-order valence-electron chi connectivity index (χ3n) is 3.69. The minimum atomic E-state index is -0.360. The zero-order valence-electron chi connectivity index (χ0n) is 13.1. The van der Waals surface area contributed by atoms with E-state index in [4.69, 9.17) is 23.2 Å². The molecule has 2 aromatic rings. The van der Waals surface area contributed by atoms with Crippen LogP contribution in [0.25, 0.3) is 0 Å². The summed E-state index contributed by atoms with van der Waals surface area (Å²) < 4.78 is 0. The van der Waals surface area contributed by atoms with E-state index < -0.39 is 0 Å². The first-order valence-electron chi connectivity index (χ1n) is 7.72. The molecule has 3 rings (SSSR count). The molecule has 1 fully saturated rings. The minimum Gasteiger partial charge on any atom is -0.326 e. The van der Waals surface area contributed by atoms with E-state index in [1.165, 1.54) is 6.21 Å². The first-order chi connectivity index (χ1) is 12.0. The van der Waals surface area contributed by atoms with Gasteiger partial charge in [-0.05, 0) is 49.2 Å². The lowest BCUT2D eigenvalue weighted by Gasteiger charge is -2.05. The van der Waals surface area contributed by atoms with Crippen molar-refractivity contribution >= 4 is 46.9 Å². The zero-order valence-corrected chi connectivity index (χ0v) is 14.6. The van der Waals surface area contributed by atoms with E-state index in [-0.39, 0.29) is 17.7 Å². The summed E-state index contributed by atoms with van der Waals surface area (Å²) in [5, 5.41) is 7.68. The van der Waals surface area contributed by atoms with Gasteiger partial charge in [-0.2, -0.15) is 5.10 Å². The number of rotatable bonds is 5. The molecule has 0 aromatic heterocycles. The van der Waals surface area contributed by atoms with Crippen molar-refractivity contribution in [3.05, 3.63) is 63.6 Å². The first-order valence-corrected chi connectivity index (χ1v) is 8.48. The predicted octanol–water partition coefficient (Wildman–Crippen LogP) is 4.11. The van der Waals surface area contributed by atoms with Gasteiger partial charge in [-0.25, -0.2) is 5.43 Å². The smallest absolute Gasteiger partial charge is 0.271 e. The summed E-state index contributed by atoms with van der Waals surface area (Å²) in [5.41, 5.74) is 4.18. The Balaban J connectivity index is 1.57. The normalized spacial score (nSPS) is 13.7. The molecule has 2 aromatic carbocycles. The highest BCUT2D eigenvalue weighted by Gasteiger charge is 2.29. The van der Waals surface area contributed by atoms with Crippen LogP contribution >= 0.6 is 23.2 Å². The van der Waals surface area contributed by atoms with Crippen LogP contribution in [-0.4, -0.2) is 18.0 Å². The Morgan fingerprint density at radius 1 is 1.08 bits per heavy atom. The van der Waals surface area contributed by atoms with Gasteiger partial charge in [0.2, 0.25) is 5.91 Å². The Morgan fingerprint density at radius 2 is 1.80 bits per heavy atom. The van der Waals surface area contributed by atoms with Gasteiger partial charge < -0.3 is 5.32 Å². The molecule has 0 radical (unpaired) electrons. The number of amides is 2. The van der Waals surface area contributed by atoms with Crippen molar-refractivity contribution in [3.63, 3.8) is 0 Å². The molecule has 0 heterocycles. The number of hydrazone groups is 1. The van der Waals surface area contributed by atoms with Crippen LogP contribution in [0.1, 0.15) is 28.8 Å². The van der Waals surface area contributed by atoms with Gasteiger partial charge in [0.05, 0.1) is 11.2 Å². The second-order valence-corrected chi connectivity index (χ2v) is 6.55. The number of carbonyl (C=O) groups excluding carboxylic acids is 2. The van der Waals surface area contributed by atoms with Gasteiger partial charge in [0.25, 0.3) is 5.91 Å². The van der Waals surface area contributed by atoms with Crippen molar-refractivity contribution in [1.82, 2.24) is 5.43 Å². The molecule has 1 saturated carbocycles. The number of benzene rings is 2. The highest BCUT2D eigenvalue weighted by molar-refractivity contribution is 6.36. The molecule has 25 heavy (non-hydrogen) atoms. The van der Waals surface area contributed by atoms with Crippen LogP contribution in [0.4, 0.5) is 5.69 Å². The quantitative estimate of drug-likeness (QED) is 0.609. The second-order valence-electron chi connectivity index (χ2n) is 5.71. The molecule has 0 aliphatic heterocycles. The van der Waals surface area contributed by atoms with E-state index in [2.05, 4.69) is 15.8 Å². The summed E-state index contributed by atoms with van der Waals surface area (Å²) in [7, 11) is 0. The summed E-state index contributed by atoms with van der Waals surface area (Å²) in [6.45, 7) is 0. The number of carbonyl (C=O) groups is 2. The largest absolute Gasteiger partial charge is 0.326 e. The van der Waals surface area contributed by atoms with Gasteiger partial charge in [-0.15, -0.1) is 0 Å². The Labute approximate surface area is 155 Å². The number of hydrogen-bond acceptors (Lipinski definition) is 3. The molecule has 128 valence electrons. The lowest BCUT2D eigenvalue weighted by atomic mass is 10.2. The summed E-state index contributed by atoms with van der Waals surface area (Å²) in [6, 6.07) is 11.6. The monoisotopic (exact) mass is 375 g/mol. The maximum absolute atomic E-state index is 12.1. The van der Waals surface area contributed by atoms with Crippen molar-refractivity contribution in [1.29, 1.82) is 0 Å². The van der Waals surface area contributed by atoms with Crippen molar-refractivity contribution in [2.45, 2.75) is 12.8 Å². The molecule has 1 aliphatic rings. The summed E-state index contributed by atoms with van der Waals surface area (Å²) >= 11 is 11.8. The predicted molar refractivity (Wildman–Crippen MR) is 99.3 cm³/mol. The first kappa shape index (κ1) is 17.5. The standard InChI is InChI=1S/C18H15Cl2N3O2/c19-14-6-3-13(16(20)9-14)10-21-23-18(25)12-4-7-15(8-5-12)22-17(24)11-1-2-11/h3-11H,1-2H2,(H,22,24)(H,23,25). The highest BCUT2D eigenvalue weighted by atomic mass is 35.5. The van der Waals surface area contributed by atoms with Crippen LogP contribution in [-0.2, 0) is 4.79 Å². The fraction of sp³-hybridized carbons (Fsp3) is 0.167. The Bertz CT molecular complexity index is 831. The third kappa shape index (κ3) is 4.81. The molecule has 2 amide bonds. The molecular weight excluding hydrogens is 361 g/mol. The average molecular weight is 376 g/mol.